The van der Waals surface area contributed by atoms with Gasteiger partial charge in [0.2, 0.25) is 0 Å². The van der Waals surface area contributed by atoms with Gasteiger partial charge in [-0.1, -0.05) is 6.07 Å². The smallest absolute Gasteiger partial charge is 0.0267 e. The number of carboxylic acids is 1. The minimum absolute atomic E-state index is 0.220. The van der Waals surface area contributed by atoms with Crippen LogP contribution in [0.4, 0.5) is 0 Å². The van der Waals surface area contributed by atoms with Crippen LogP contribution in [0.25, 0.3) is 0 Å². The first-order chi connectivity index (χ1) is 9.72. The number of aromatic nitrogens is 2. The third-order valence-corrected chi connectivity index (χ3v) is 1.47. The van der Waals surface area contributed by atoms with Crippen LogP contribution in [0.2, 0.25) is 0 Å². The SMILES string of the molecule is O=C(O)c1cccnc1.O=C=O.[Cl][Cu].c1ccncc1. The van der Waals surface area contributed by atoms with Gasteiger partial charge in [0.15, 0.2) is 0 Å². The Morgan fingerprint density at radius 3 is 1.75 bits per heavy atom. The summed E-state index contributed by atoms with van der Waals surface area (Å²) in [6.07, 6.45) is 6.59. The van der Waals surface area contributed by atoms with Gasteiger partial charge in [-0.3, -0.25) is 9.97 Å². The molecule has 0 spiro atoms. The molecule has 110 valence electrons. The molecule has 0 saturated heterocycles. The minimum Gasteiger partial charge on any atom is -0.265 e. The van der Waals surface area contributed by atoms with Gasteiger partial charge in [-0.05, 0) is 24.3 Å². The van der Waals surface area contributed by atoms with E-state index in [1.807, 2.05) is 18.2 Å². The number of halogens is 1. The number of carboxylic acid groups (broad SMARTS) is 1. The van der Waals surface area contributed by atoms with Crippen LogP contribution in [-0.2, 0) is 24.7 Å². The normalized spacial score (nSPS) is 7.15. The van der Waals surface area contributed by atoms with E-state index in [9.17, 15) is 4.79 Å². The van der Waals surface area contributed by atoms with E-state index in [-0.39, 0.29) is 11.7 Å². The van der Waals surface area contributed by atoms with E-state index in [1.165, 1.54) is 18.5 Å². The van der Waals surface area contributed by atoms with Crippen LogP contribution in [0.5, 0.6) is 0 Å². The van der Waals surface area contributed by atoms with Crippen molar-refractivity contribution in [1.82, 2.24) is 9.97 Å². The van der Waals surface area contributed by atoms with Gasteiger partial charge < -0.3 is 5.11 Å². The van der Waals surface area contributed by atoms with Crippen molar-refractivity contribution in [2.45, 2.75) is 0 Å². The molecule has 2 rings (SSSR count). The first-order valence-corrected chi connectivity index (χ1v) is 6.11. The van der Waals surface area contributed by atoms with Crippen LogP contribution in [0.1, 0.15) is 10.4 Å². The minimum atomic E-state index is -0.942. The number of aromatic carboxylic acids is 1. The molecule has 0 aliphatic carbocycles. The Kier molecular flexibility index (Phi) is 17.2. The second-order valence-corrected chi connectivity index (χ2v) is 2.65. The maximum absolute atomic E-state index is 10.2. The number of hydrogen-bond donors (Lipinski definition) is 1. The molecule has 6 nitrogen and oxygen atoms in total. The van der Waals surface area contributed by atoms with E-state index in [4.69, 9.17) is 14.7 Å². The molecule has 0 aliphatic rings. The molecule has 2 aromatic rings. The number of rotatable bonds is 1. The Hall–Kier alpha value is -2.04. The van der Waals surface area contributed by atoms with Crippen molar-refractivity contribution in [1.29, 1.82) is 0 Å². The van der Waals surface area contributed by atoms with E-state index < -0.39 is 5.97 Å². The van der Waals surface area contributed by atoms with Gasteiger partial charge in [0.1, 0.15) is 0 Å². The van der Waals surface area contributed by atoms with Crippen molar-refractivity contribution in [2.75, 3.05) is 0 Å². The molecular weight excluding hydrogens is 335 g/mol. The van der Waals surface area contributed by atoms with Gasteiger partial charge in [-0.15, -0.1) is 0 Å². The number of pyridine rings is 2. The molecular formula is C12H10ClCuN2O4. The van der Waals surface area contributed by atoms with Crippen molar-refractivity contribution in [3.05, 3.63) is 60.7 Å². The zero-order valence-electron chi connectivity index (χ0n) is 9.94. The number of carbonyl (C=O) groups is 1. The van der Waals surface area contributed by atoms with Gasteiger partial charge in [0.25, 0.3) is 0 Å². The number of hydrogen-bond acceptors (Lipinski definition) is 5. The summed E-state index contributed by atoms with van der Waals surface area (Å²) >= 11 is 3.66. The van der Waals surface area contributed by atoms with E-state index in [0.29, 0.717) is 0 Å². The summed E-state index contributed by atoms with van der Waals surface area (Å²) < 4.78 is 0. The van der Waals surface area contributed by atoms with Crippen LogP contribution in [0, 0.1) is 0 Å². The fraction of sp³-hybridized carbons (Fsp3) is 0. The molecule has 0 atom stereocenters. The Morgan fingerprint density at radius 2 is 1.55 bits per heavy atom. The first-order valence-electron chi connectivity index (χ1n) is 4.81. The third-order valence-electron chi connectivity index (χ3n) is 1.47. The van der Waals surface area contributed by atoms with Gasteiger partial charge >= 0.3 is 37.3 Å². The molecule has 0 saturated carbocycles. The maximum atomic E-state index is 10.2. The fourth-order valence-electron chi connectivity index (χ4n) is 0.802. The zero-order valence-corrected chi connectivity index (χ0v) is 11.6. The summed E-state index contributed by atoms with van der Waals surface area (Å²) in [6, 6.07) is 8.80. The molecule has 2 aromatic heterocycles. The second-order valence-electron chi connectivity index (χ2n) is 2.65. The average Bonchev–Trinajstić information content (AvgIpc) is 2.53. The number of carbonyl (C=O) groups excluding carboxylic acids is 2. The van der Waals surface area contributed by atoms with Crippen LogP contribution in [0.3, 0.4) is 0 Å². The summed E-state index contributed by atoms with van der Waals surface area (Å²) in [5.41, 5.74) is 0.220. The molecule has 0 unspecified atom stereocenters. The molecule has 0 bridgehead atoms. The topological polar surface area (TPSA) is 97.2 Å². The molecule has 2 heterocycles. The van der Waals surface area contributed by atoms with Crippen molar-refractivity contribution in [2.24, 2.45) is 0 Å². The molecule has 0 aliphatic heterocycles. The van der Waals surface area contributed by atoms with Crippen molar-refractivity contribution in [3.8, 4) is 0 Å². The van der Waals surface area contributed by atoms with E-state index in [0.717, 1.165) is 0 Å². The van der Waals surface area contributed by atoms with E-state index >= 15 is 0 Å². The standard InChI is InChI=1S/C6H5NO2.C5H5N.CO2.ClH.Cu/c8-6(9)5-2-1-3-7-4-5;1-2-4-6-5-3-1;2-1-3;;/h1-4H,(H,8,9);1-5H;;1H;/q;;;;+1/p-1. The molecule has 0 amide bonds. The molecule has 20 heavy (non-hydrogen) atoms. The molecule has 0 radical (unpaired) electrons. The Labute approximate surface area is 127 Å². The summed E-state index contributed by atoms with van der Waals surface area (Å²) in [5.74, 6) is -0.942. The summed E-state index contributed by atoms with van der Waals surface area (Å²) in [6.45, 7) is 0. The zero-order chi connectivity index (χ0) is 15.6. The summed E-state index contributed by atoms with van der Waals surface area (Å²) in [7, 11) is 4.20. The fourth-order valence-corrected chi connectivity index (χ4v) is 0.802. The van der Waals surface area contributed by atoms with Gasteiger partial charge in [-0.25, -0.2) is 4.79 Å². The van der Waals surface area contributed by atoms with Gasteiger partial charge in [0, 0.05) is 24.8 Å². The maximum Gasteiger partial charge on any atom is 0.0267 e. The quantitative estimate of drug-likeness (QED) is 0.794. The Balaban J connectivity index is 0. The third kappa shape index (κ3) is 14.0. The molecule has 1 N–H and O–H groups in total. The van der Waals surface area contributed by atoms with Crippen molar-refractivity contribution >= 4 is 22.2 Å². The van der Waals surface area contributed by atoms with Crippen LogP contribution in [-0.4, -0.2) is 27.2 Å². The van der Waals surface area contributed by atoms with Crippen LogP contribution >= 0.6 is 10.1 Å². The predicted octanol–water partition coefficient (Wildman–Crippen LogP) is 1.96. The Bertz CT molecular complexity index is 453. The van der Waals surface area contributed by atoms with Crippen molar-refractivity contribution in [3.63, 3.8) is 0 Å². The Morgan fingerprint density at radius 1 is 1.05 bits per heavy atom. The van der Waals surface area contributed by atoms with E-state index in [2.05, 4.69) is 35.2 Å². The molecule has 0 fully saturated rings. The van der Waals surface area contributed by atoms with Crippen LogP contribution < -0.4 is 0 Å². The van der Waals surface area contributed by atoms with Gasteiger partial charge in [-0.2, -0.15) is 9.59 Å². The van der Waals surface area contributed by atoms with Gasteiger partial charge in [0.05, 0.1) is 5.56 Å². The second kappa shape index (κ2) is 17.0. The summed E-state index contributed by atoms with van der Waals surface area (Å²) in [5, 5.41) is 8.34. The van der Waals surface area contributed by atoms with Crippen LogP contribution in [0.15, 0.2) is 55.1 Å². The average molecular weight is 345 g/mol. The van der Waals surface area contributed by atoms with Crippen molar-refractivity contribution < 1.29 is 34.6 Å². The predicted molar refractivity (Wildman–Crippen MR) is 66.3 cm³/mol. The van der Waals surface area contributed by atoms with E-state index in [1.54, 1.807) is 18.5 Å². The largest absolute Gasteiger partial charge is 0.265 e. The monoisotopic (exact) mass is 344 g/mol. The first kappa shape index (κ1) is 20.3. The molecule has 8 heteroatoms. The molecule has 0 aromatic carbocycles. The number of nitrogens with zero attached hydrogens (tertiary/aromatic N) is 2. The summed E-state index contributed by atoms with van der Waals surface area (Å²) in [4.78, 5) is 33.8.